The quantitative estimate of drug-likeness (QED) is 0.239. The van der Waals surface area contributed by atoms with E-state index in [0.29, 0.717) is 19.3 Å². The van der Waals surface area contributed by atoms with Gasteiger partial charge in [0.05, 0.1) is 0 Å². The summed E-state index contributed by atoms with van der Waals surface area (Å²) >= 11 is 0. The molecule has 0 spiro atoms. The van der Waals surface area contributed by atoms with Crippen LogP contribution in [0.25, 0.3) is 0 Å². The van der Waals surface area contributed by atoms with Crippen LogP contribution in [0.5, 0.6) is 0 Å². The second kappa shape index (κ2) is 8.00. The summed E-state index contributed by atoms with van der Waals surface area (Å²) in [7, 11) is -2.26. The molecule has 0 radical (unpaired) electrons. The predicted octanol–water partition coefficient (Wildman–Crippen LogP) is 0.0537. The molecular weight excluding hydrogens is 194 g/mol. The zero-order valence-corrected chi connectivity index (χ0v) is 8.26. The Labute approximate surface area is 79.0 Å². The number of unbranched alkanes of at least 4 members (excludes halogenated alkanes) is 3. The Kier molecular flexibility index (Phi) is 7.62. The van der Waals surface area contributed by atoms with Crippen molar-refractivity contribution in [1.29, 1.82) is 0 Å². The first kappa shape index (κ1) is 12.4. The second-order valence-corrected chi connectivity index (χ2v) is 3.87. The molecule has 13 heavy (non-hydrogen) atoms. The van der Waals surface area contributed by atoms with E-state index in [0.717, 1.165) is 12.8 Å². The van der Waals surface area contributed by atoms with Crippen molar-refractivity contribution in [3.05, 3.63) is 0 Å². The fourth-order valence-electron chi connectivity index (χ4n) is 0.936. The van der Waals surface area contributed by atoms with Gasteiger partial charge >= 0.3 is 0 Å². The largest absolute Gasteiger partial charge is 0.289 e. The molecule has 0 saturated heterocycles. The lowest BCUT2D eigenvalue weighted by Gasteiger charge is -1.98. The van der Waals surface area contributed by atoms with Gasteiger partial charge in [0.15, 0.2) is 0 Å². The lowest BCUT2D eigenvalue weighted by atomic mass is 10.1. The van der Waals surface area contributed by atoms with Crippen LogP contribution in [-0.2, 0) is 15.5 Å². The van der Waals surface area contributed by atoms with Crippen LogP contribution >= 0.6 is 0 Å². The van der Waals surface area contributed by atoms with E-state index >= 15 is 0 Å². The summed E-state index contributed by atoms with van der Waals surface area (Å²) in [6.07, 6.45) is 3.25. The first-order valence-electron chi connectivity index (χ1n) is 4.21. The van der Waals surface area contributed by atoms with Crippen molar-refractivity contribution in [1.82, 2.24) is 5.48 Å². The molecule has 6 heteroatoms. The molecule has 78 valence electrons. The summed E-state index contributed by atoms with van der Waals surface area (Å²) in [4.78, 5) is 10.5. The molecule has 0 aromatic heterocycles. The molecule has 0 rings (SSSR count). The molecule has 0 atom stereocenters. The normalized spacial score (nSPS) is 10.3. The molecular formula is C7H15NO4S. The SMILES string of the molecule is O=C(CCCCCC[SH](=O)=O)NO. The van der Waals surface area contributed by atoms with Gasteiger partial charge in [0, 0.05) is 12.2 Å². The fourth-order valence-corrected chi connectivity index (χ4v) is 1.42. The number of hydroxylamine groups is 1. The minimum Gasteiger partial charge on any atom is -0.289 e. The summed E-state index contributed by atoms with van der Waals surface area (Å²) < 4.78 is 20.3. The van der Waals surface area contributed by atoms with Crippen LogP contribution in [0.1, 0.15) is 32.1 Å². The van der Waals surface area contributed by atoms with Crippen molar-refractivity contribution >= 4 is 16.6 Å². The molecule has 0 aromatic carbocycles. The summed E-state index contributed by atoms with van der Waals surface area (Å²) in [6, 6.07) is 0. The standard InChI is InChI=1S/C7H15NO4S/c9-7(8-10)5-3-1-2-4-6-13(11)12/h10,13H,1-6H2,(H,8,9). The minimum atomic E-state index is -2.26. The predicted molar refractivity (Wildman–Crippen MR) is 48.2 cm³/mol. The highest BCUT2D eigenvalue weighted by atomic mass is 32.2. The second-order valence-electron chi connectivity index (χ2n) is 2.76. The smallest absolute Gasteiger partial charge is 0.243 e. The lowest BCUT2D eigenvalue weighted by Crippen LogP contribution is -2.17. The third kappa shape index (κ3) is 9.29. The molecule has 0 saturated carbocycles. The van der Waals surface area contributed by atoms with E-state index in [2.05, 4.69) is 0 Å². The average molecular weight is 209 g/mol. The Hall–Kier alpha value is -0.620. The molecule has 0 aliphatic rings. The molecule has 0 heterocycles. The highest BCUT2D eigenvalue weighted by Gasteiger charge is 1.97. The van der Waals surface area contributed by atoms with Crippen LogP contribution in [0.2, 0.25) is 0 Å². The molecule has 0 bridgehead atoms. The zero-order valence-electron chi connectivity index (χ0n) is 7.36. The Bertz CT molecular complexity index is 207. The third-order valence-corrected chi connectivity index (χ3v) is 2.30. The van der Waals surface area contributed by atoms with Crippen LogP contribution in [-0.4, -0.2) is 25.3 Å². The maximum atomic E-state index is 10.5. The van der Waals surface area contributed by atoms with Gasteiger partial charge in [0.1, 0.15) is 10.7 Å². The van der Waals surface area contributed by atoms with E-state index in [9.17, 15) is 13.2 Å². The molecule has 2 N–H and O–H groups in total. The maximum absolute atomic E-state index is 10.5. The molecule has 1 amide bonds. The Morgan fingerprint density at radius 2 is 1.77 bits per heavy atom. The van der Waals surface area contributed by atoms with Gasteiger partial charge in [0.2, 0.25) is 5.91 Å². The van der Waals surface area contributed by atoms with Crippen LogP contribution in [0, 0.1) is 0 Å². The number of rotatable bonds is 7. The van der Waals surface area contributed by atoms with Crippen molar-refractivity contribution in [2.24, 2.45) is 0 Å². The first-order valence-corrected chi connectivity index (χ1v) is 5.58. The molecule has 0 unspecified atom stereocenters. The Balaban J connectivity index is 3.12. The van der Waals surface area contributed by atoms with Gasteiger partial charge < -0.3 is 0 Å². The van der Waals surface area contributed by atoms with Gasteiger partial charge in [-0.2, -0.15) is 0 Å². The number of amides is 1. The fraction of sp³-hybridized carbons (Fsp3) is 0.857. The molecule has 0 aliphatic heterocycles. The van der Waals surface area contributed by atoms with Gasteiger partial charge in [-0.1, -0.05) is 12.8 Å². The van der Waals surface area contributed by atoms with Gasteiger partial charge in [-0.3, -0.25) is 10.0 Å². The van der Waals surface area contributed by atoms with E-state index in [4.69, 9.17) is 5.21 Å². The average Bonchev–Trinajstić information content (AvgIpc) is 2.10. The van der Waals surface area contributed by atoms with Gasteiger partial charge in [-0.25, -0.2) is 13.9 Å². The number of thiol groups is 1. The molecule has 5 nitrogen and oxygen atoms in total. The van der Waals surface area contributed by atoms with Gasteiger partial charge in [-0.05, 0) is 12.8 Å². The molecule has 0 fully saturated rings. The number of hydrogen-bond acceptors (Lipinski definition) is 4. The van der Waals surface area contributed by atoms with Crippen molar-refractivity contribution in [3.8, 4) is 0 Å². The van der Waals surface area contributed by atoms with Crippen molar-refractivity contribution in [2.45, 2.75) is 32.1 Å². The van der Waals surface area contributed by atoms with Crippen molar-refractivity contribution in [3.63, 3.8) is 0 Å². The summed E-state index contributed by atoms with van der Waals surface area (Å²) in [5, 5.41) is 8.13. The van der Waals surface area contributed by atoms with E-state index in [1.165, 1.54) is 5.48 Å². The summed E-state index contributed by atoms with van der Waals surface area (Å²) in [5.74, 6) is -0.170. The maximum Gasteiger partial charge on any atom is 0.243 e. The summed E-state index contributed by atoms with van der Waals surface area (Å²) in [6.45, 7) is 0. The first-order chi connectivity index (χ1) is 6.16. The van der Waals surface area contributed by atoms with Gasteiger partial charge in [-0.15, -0.1) is 0 Å². The topological polar surface area (TPSA) is 83.5 Å². The minimum absolute atomic E-state index is 0.224. The van der Waals surface area contributed by atoms with Crippen molar-refractivity contribution < 1.29 is 18.4 Å². The lowest BCUT2D eigenvalue weighted by molar-refractivity contribution is -0.129. The Morgan fingerprint density at radius 1 is 1.15 bits per heavy atom. The van der Waals surface area contributed by atoms with E-state index in [1.807, 2.05) is 0 Å². The van der Waals surface area contributed by atoms with Crippen molar-refractivity contribution in [2.75, 3.05) is 5.75 Å². The Morgan fingerprint density at radius 3 is 2.31 bits per heavy atom. The third-order valence-electron chi connectivity index (χ3n) is 1.62. The van der Waals surface area contributed by atoms with E-state index in [-0.39, 0.29) is 5.75 Å². The van der Waals surface area contributed by atoms with Crippen LogP contribution in [0.4, 0.5) is 0 Å². The highest BCUT2D eigenvalue weighted by Crippen LogP contribution is 2.02. The monoisotopic (exact) mass is 209 g/mol. The van der Waals surface area contributed by atoms with E-state index < -0.39 is 16.6 Å². The van der Waals surface area contributed by atoms with Crippen LogP contribution in [0.15, 0.2) is 0 Å². The highest BCUT2D eigenvalue weighted by molar-refractivity contribution is 7.72. The van der Waals surface area contributed by atoms with Crippen LogP contribution < -0.4 is 5.48 Å². The van der Waals surface area contributed by atoms with Gasteiger partial charge in [0.25, 0.3) is 0 Å². The number of hydrogen-bond donors (Lipinski definition) is 3. The molecule has 0 aliphatic carbocycles. The summed E-state index contributed by atoms with van der Waals surface area (Å²) in [5.41, 5.74) is 1.54. The van der Waals surface area contributed by atoms with Crippen LogP contribution in [0.3, 0.4) is 0 Å². The van der Waals surface area contributed by atoms with E-state index in [1.54, 1.807) is 0 Å². The zero-order chi connectivity index (χ0) is 10.1. The number of carbonyl (C=O) groups is 1. The molecule has 0 aromatic rings. The number of nitrogens with one attached hydrogen (secondary N) is 1. The number of carbonyl (C=O) groups excluding carboxylic acids is 1.